The van der Waals surface area contributed by atoms with Crippen LogP contribution in [0.15, 0.2) is 42.5 Å². The van der Waals surface area contributed by atoms with Gasteiger partial charge in [0.15, 0.2) is 6.10 Å². The van der Waals surface area contributed by atoms with Crippen molar-refractivity contribution < 1.29 is 23.6 Å². The van der Waals surface area contributed by atoms with Crippen molar-refractivity contribution in [1.29, 1.82) is 0 Å². The summed E-state index contributed by atoms with van der Waals surface area (Å²) in [7, 11) is 0. The second-order valence-electron chi connectivity index (χ2n) is 6.24. The molecule has 2 aromatic rings. The number of hydrogen-bond acceptors (Lipinski definition) is 5. The Morgan fingerprint density at radius 2 is 1.74 bits per heavy atom. The Morgan fingerprint density at radius 3 is 2.30 bits per heavy atom. The number of ether oxygens (including phenoxy) is 1. The lowest BCUT2D eigenvalue weighted by atomic mass is 10.0. The molecule has 0 heterocycles. The third-order valence-corrected chi connectivity index (χ3v) is 3.88. The van der Waals surface area contributed by atoms with E-state index in [9.17, 15) is 24.1 Å². The minimum atomic E-state index is -1.15. The predicted molar refractivity (Wildman–Crippen MR) is 97.1 cm³/mol. The van der Waals surface area contributed by atoms with Gasteiger partial charge in [0.25, 0.3) is 5.91 Å². The number of rotatable bonds is 6. The lowest BCUT2D eigenvalue weighted by Crippen LogP contribution is -2.30. The smallest absolute Gasteiger partial charge is 0.338 e. The van der Waals surface area contributed by atoms with Crippen molar-refractivity contribution in [3.05, 3.63) is 69.5 Å². The van der Waals surface area contributed by atoms with E-state index in [1.54, 1.807) is 12.1 Å². The van der Waals surface area contributed by atoms with Gasteiger partial charge in [-0.15, -0.1) is 0 Å². The number of carbonyl (C=O) groups excluding carboxylic acids is 2. The van der Waals surface area contributed by atoms with Crippen LogP contribution in [0.25, 0.3) is 0 Å². The van der Waals surface area contributed by atoms with Crippen molar-refractivity contribution >= 4 is 23.3 Å². The summed E-state index contributed by atoms with van der Waals surface area (Å²) >= 11 is 0. The number of carbonyl (C=O) groups is 2. The second-order valence-corrected chi connectivity index (χ2v) is 6.24. The van der Waals surface area contributed by atoms with E-state index in [1.165, 1.54) is 13.0 Å². The predicted octanol–water partition coefficient (Wildman–Crippen LogP) is 4.04. The lowest BCUT2D eigenvalue weighted by molar-refractivity contribution is -0.387. The van der Waals surface area contributed by atoms with E-state index in [4.69, 9.17) is 4.74 Å². The Bertz CT molecular complexity index is 865. The molecule has 1 amide bonds. The van der Waals surface area contributed by atoms with Crippen molar-refractivity contribution in [2.45, 2.75) is 32.8 Å². The van der Waals surface area contributed by atoms with Gasteiger partial charge in [0.05, 0.1) is 10.5 Å². The second kappa shape index (κ2) is 8.39. The number of nitrogens with one attached hydrogen (secondary N) is 1. The standard InChI is InChI=1S/C19H19FN2O5/c1-11(2)13-4-6-14(7-5-13)19(24)27-12(3)18(23)21-15-8-9-16(20)17(10-15)22(25)26/h4-12H,1-3H3,(H,21,23). The summed E-state index contributed by atoms with van der Waals surface area (Å²) in [6.45, 7) is 5.42. The molecule has 1 unspecified atom stereocenters. The number of anilines is 1. The maximum Gasteiger partial charge on any atom is 0.338 e. The Hall–Kier alpha value is -3.29. The van der Waals surface area contributed by atoms with Crippen molar-refractivity contribution in [3.63, 3.8) is 0 Å². The van der Waals surface area contributed by atoms with Crippen LogP contribution in [0, 0.1) is 15.9 Å². The molecule has 0 saturated heterocycles. The Balaban J connectivity index is 2.02. The fraction of sp³-hybridized carbons (Fsp3) is 0.263. The number of nitro groups is 1. The Morgan fingerprint density at radius 1 is 1.11 bits per heavy atom. The number of halogens is 1. The summed E-state index contributed by atoms with van der Waals surface area (Å²) in [4.78, 5) is 34.1. The number of amides is 1. The van der Waals surface area contributed by atoms with E-state index in [0.29, 0.717) is 11.5 Å². The topological polar surface area (TPSA) is 98.5 Å². The molecule has 0 bridgehead atoms. The Labute approximate surface area is 155 Å². The van der Waals surface area contributed by atoms with E-state index in [0.717, 1.165) is 17.7 Å². The van der Waals surface area contributed by atoms with Crippen LogP contribution in [0.3, 0.4) is 0 Å². The highest BCUT2D eigenvalue weighted by molar-refractivity contribution is 5.97. The molecule has 1 N–H and O–H groups in total. The number of hydrogen-bond donors (Lipinski definition) is 1. The van der Waals surface area contributed by atoms with E-state index in [1.807, 2.05) is 26.0 Å². The van der Waals surface area contributed by atoms with Crippen LogP contribution in [0.5, 0.6) is 0 Å². The van der Waals surface area contributed by atoms with Crippen molar-refractivity contribution in [1.82, 2.24) is 0 Å². The molecule has 27 heavy (non-hydrogen) atoms. The molecular formula is C19H19FN2O5. The van der Waals surface area contributed by atoms with E-state index < -0.39 is 34.4 Å². The molecule has 2 aromatic carbocycles. The lowest BCUT2D eigenvalue weighted by Gasteiger charge is -2.14. The molecule has 0 fully saturated rings. The molecular weight excluding hydrogens is 355 g/mol. The van der Waals surface area contributed by atoms with Gasteiger partial charge in [0.1, 0.15) is 0 Å². The highest BCUT2D eigenvalue weighted by Crippen LogP contribution is 2.22. The molecule has 7 nitrogen and oxygen atoms in total. The summed E-state index contributed by atoms with van der Waals surface area (Å²) in [5.41, 5.74) is 0.631. The normalized spacial score (nSPS) is 11.7. The first-order valence-corrected chi connectivity index (χ1v) is 8.24. The Kier molecular flexibility index (Phi) is 6.23. The maximum absolute atomic E-state index is 13.3. The van der Waals surface area contributed by atoms with Gasteiger partial charge in [-0.1, -0.05) is 26.0 Å². The SMILES string of the molecule is CC(OC(=O)c1ccc(C(C)C)cc1)C(=O)Nc1ccc(F)c([N+](=O)[O-])c1. The number of nitrogens with zero attached hydrogens (tertiary/aromatic N) is 1. The summed E-state index contributed by atoms with van der Waals surface area (Å²) in [6, 6.07) is 9.80. The van der Waals surface area contributed by atoms with Crippen LogP contribution < -0.4 is 5.32 Å². The first kappa shape index (κ1) is 20.0. The number of esters is 1. The van der Waals surface area contributed by atoms with Crippen LogP contribution >= 0.6 is 0 Å². The largest absolute Gasteiger partial charge is 0.449 e. The molecule has 0 aliphatic rings. The molecule has 1 atom stereocenters. The van der Waals surface area contributed by atoms with Gasteiger partial charge < -0.3 is 10.1 Å². The minimum absolute atomic E-state index is 0.0253. The fourth-order valence-corrected chi connectivity index (χ4v) is 2.26. The van der Waals surface area contributed by atoms with Gasteiger partial charge in [0.2, 0.25) is 5.82 Å². The van der Waals surface area contributed by atoms with E-state index in [-0.39, 0.29) is 5.69 Å². The molecule has 0 spiro atoms. The molecule has 0 aliphatic heterocycles. The molecule has 2 rings (SSSR count). The van der Waals surface area contributed by atoms with Crippen LogP contribution in [0.1, 0.15) is 42.6 Å². The maximum atomic E-state index is 13.3. The van der Waals surface area contributed by atoms with Crippen LogP contribution in [-0.2, 0) is 9.53 Å². The third-order valence-electron chi connectivity index (χ3n) is 3.88. The highest BCUT2D eigenvalue weighted by Gasteiger charge is 2.21. The van der Waals surface area contributed by atoms with Crippen LogP contribution in [-0.4, -0.2) is 22.9 Å². The van der Waals surface area contributed by atoms with E-state index >= 15 is 0 Å². The number of nitro benzene ring substituents is 1. The monoisotopic (exact) mass is 374 g/mol. The van der Waals surface area contributed by atoms with Gasteiger partial charge in [-0.05, 0) is 42.7 Å². The van der Waals surface area contributed by atoms with Crippen LogP contribution in [0.4, 0.5) is 15.8 Å². The highest BCUT2D eigenvalue weighted by atomic mass is 19.1. The molecule has 0 saturated carbocycles. The van der Waals surface area contributed by atoms with Crippen molar-refractivity contribution in [2.24, 2.45) is 0 Å². The first-order chi connectivity index (χ1) is 12.7. The quantitative estimate of drug-likeness (QED) is 0.467. The zero-order valence-corrected chi connectivity index (χ0v) is 15.1. The van der Waals surface area contributed by atoms with Crippen molar-refractivity contribution in [3.8, 4) is 0 Å². The average Bonchev–Trinajstić information content (AvgIpc) is 2.62. The van der Waals surface area contributed by atoms with Gasteiger partial charge in [-0.3, -0.25) is 14.9 Å². The van der Waals surface area contributed by atoms with Gasteiger partial charge in [-0.25, -0.2) is 4.79 Å². The first-order valence-electron chi connectivity index (χ1n) is 8.24. The molecule has 0 aromatic heterocycles. The molecule has 0 radical (unpaired) electrons. The summed E-state index contributed by atoms with van der Waals surface area (Å²) in [5.74, 6) is -2.05. The fourth-order valence-electron chi connectivity index (χ4n) is 2.26. The van der Waals surface area contributed by atoms with Gasteiger partial charge >= 0.3 is 11.7 Å². The molecule has 0 aliphatic carbocycles. The molecule has 142 valence electrons. The summed E-state index contributed by atoms with van der Waals surface area (Å²) < 4.78 is 18.4. The van der Waals surface area contributed by atoms with Gasteiger partial charge in [0, 0.05) is 11.8 Å². The van der Waals surface area contributed by atoms with Crippen molar-refractivity contribution in [2.75, 3.05) is 5.32 Å². The average molecular weight is 374 g/mol. The number of benzene rings is 2. The zero-order chi connectivity index (χ0) is 20.1. The third kappa shape index (κ3) is 5.10. The summed E-state index contributed by atoms with van der Waals surface area (Å²) in [6.07, 6.45) is -1.15. The zero-order valence-electron chi connectivity index (χ0n) is 15.1. The summed E-state index contributed by atoms with van der Waals surface area (Å²) in [5, 5.41) is 13.1. The van der Waals surface area contributed by atoms with E-state index in [2.05, 4.69) is 5.32 Å². The minimum Gasteiger partial charge on any atom is -0.449 e. The van der Waals surface area contributed by atoms with Gasteiger partial charge in [-0.2, -0.15) is 4.39 Å². The van der Waals surface area contributed by atoms with Crippen LogP contribution in [0.2, 0.25) is 0 Å². The molecule has 8 heteroatoms.